The lowest BCUT2D eigenvalue weighted by atomic mass is 10.1. The summed E-state index contributed by atoms with van der Waals surface area (Å²) in [5.74, 6) is -2.20. The van der Waals surface area contributed by atoms with Crippen LogP contribution in [-0.2, 0) is 41.9 Å². The third kappa shape index (κ3) is 16.3. The first kappa shape index (κ1) is 49.6. The first-order valence-electron chi connectivity index (χ1n) is 21.1. The van der Waals surface area contributed by atoms with Crippen molar-refractivity contribution in [3.8, 4) is 11.5 Å². The number of nitrogens with one attached hydrogen (secondary N) is 4. The molecule has 0 aliphatic rings. The van der Waals surface area contributed by atoms with E-state index in [4.69, 9.17) is 32.4 Å². The maximum Gasteiger partial charge on any atom is 0.274 e. The van der Waals surface area contributed by atoms with Crippen molar-refractivity contribution < 1.29 is 38.2 Å². The lowest BCUT2D eigenvalue weighted by Crippen LogP contribution is -2.44. The van der Waals surface area contributed by atoms with Gasteiger partial charge in [-0.2, -0.15) is 0 Å². The third-order valence-electron chi connectivity index (χ3n) is 9.82. The molecule has 4 rings (SSSR count). The highest BCUT2D eigenvalue weighted by Crippen LogP contribution is 2.25. The van der Waals surface area contributed by atoms with E-state index in [2.05, 4.69) is 21.3 Å². The summed E-state index contributed by atoms with van der Waals surface area (Å²) >= 11 is 0. The first-order valence-corrected chi connectivity index (χ1v) is 21.1. The van der Waals surface area contributed by atoms with Crippen molar-refractivity contribution >= 4 is 57.6 Å². The molecule has 0 saturated carbocycles. The number of pyridine rings is 2. The molecular weight excluding hydrogens is 829 g/mol. The van der Waals surface area contributed by atoms with Crippen LogP contribution in [0.5, 0.6) is 11.5 Å². The quantitative estimate of drug-likeness (QED) is 0.0370. The van der Waals surface area contributed by atoms with Gasteiger partial charge in [0.05, 0.1) is 13.2 Å². The van der Waals surface area contributed by atoms with Crippen molar-refractivity contribution in [1.82, 2.24) is 19.8 Å². The van der Waals surface area contributed by atoms with Crippen LogP contribution in [0.25, 0.3) is 10.8 Å². The second-order valence-electron chi connectivity index (χ2n) is 15.0. The van der Waals surface area contributed by atoms with Gasteiger partial charge >= 0.3 is 0 Å². The van der Waals surface area contributed by atoms with E-state index in [1.54, 1.807) is 0 Å². The van der Waals surface area contributed by atoms with Gasteiger partial charge in [-0.25, -0.2) is 0 Å². The van der Waals surface area contributed by atoms with Crippen molar-refractivity contribution in [1.29, 1.82) is 0 Å². The van der Waals surface area contributed by atoms with Crippen LogP contribution >= 0.6 is 0 Å². The van der Waals surface area contributed by atoms with Crippen LogP contribution in [0.2, 0.25) is 0 Å². The number of hydrogen-bond acceptors (Lipinski definition) is 12. The van der Waals surface area contributed by atoms with Crippen molar-refractivity contribution in [2.24, 2.45) is 22.9 Å². The summed E-state index contributed by atoms with van der Waals surface area (Å²) in [4.78, 5) is 100. The minimum atomic E-state index is -0.928. The number of aromatic nitrogens is 2. The molecule has 12 N–H and O–H groups in total. The van der Waals surface area contributed by atoms with E-state index in [1.807, 2.05) is 36.4 Å². The predicted octanol–water partition coefficient (Wildman–Crippen LogP) is 0.957. The normalized spacial score (nSPS) is 11.8. The SMILES string of the molecule is NCCCC[C@H](NC(=O)CCCOc1ccc2ccc(OCCCC(=O)N[C@H](CCCCN)C(=O)Nc3cccn(CC(N)=O)c3=O)cc2c1)C(=O)Nc1cccn(CC(N)=O)c1=O. The fourth-order valence-electron chi connectivity index (χ4n) is 6.57. The molecule has 2 heterocycles. The van der Waals surface area contributed by atoms with E-state index in [9.17, 15) is 38.4 Å². The minimum absolute atomic E-state index is 0.0517. The smallest absolute Gasteiger partial charge is 0.274 e. The van der Waals surface area contributed by atoms with Gasteiger partial charge in [0, 0.05) is 25.2 Å². The molecule has 2 atom stereocenters. The number of primary amides is 2. The molecule has 20 nitrogen and oxygen atoms in total. The molecule has 4 aromatic rings. The zero-order valence-corrected chi connectivity index (χ0v) is 35.7. The fraction of sp³-hybridized carbons (Fsp3) is 0.409. The number of carbonyl (C=O) groups excluding carboxylic acids is 6. The van der Waals surface area contributed by atoms with Gasteiger partial charge in [-0.3, -0.25) is 38.4 Å². The van der Waals surface area contributed by atoms with Crippen molar-refractivity contribution in [3.05, 3.63) is 93.8 Å². The Bertz CT molecular complexity index is 2210. The Kier molecular flexibility index (Phi) is 20.0. The Labute approximate surface area is 369 Å². The molecule has 0 aliphatic carbocycles. The van der Waals surface area contributed by atoms with E-state index < -0.39 is 46.8 Å². The summed E-state index contributed by atoms with van der Waals surface area (Å²) < 4.78 is 14.0. The summed E-state index contributed by atoms with van der Waals surface area (Å²) in [5, 5.41) is 12.4. The summed E-state index contributed by atoms with van der Waals surface area (Å²) in [5.41, 5.74) is 20.4. The molecule has 2 aromatic carbocycles. The molecule has 2 aromatic heterocycles. The number of carbonyl (C=O) groups is 6. The van der Waals surface area contributed by atoms with E-state index in [-0.39, 0.29) is 62.3 Å². The second kappa shape index (κ2) is 25.8. The number of nitrogens with two attached hydrogens (primary N) is 4. The molecule has 0 spiro atoms. The Hall–Kier alpha value is -7.06. The number of benzene rings is 2. The van der Waals surface area contributed by atoms with Crippen LogP contribution in [0.4, 0.5) is 11.4 Å². The number of fused-ring (bicyclic) bond motifs is 1. The van der Waals surface area contributed by atoms with Gasteiger partial charge in [0.1, 0.15) is 48.0 Å². The van der Waals surface area contributed by atoms with Crippen LogP contribution in [0.1, 0.15) is 64.2 Å². The highest BCUT2D eigenvalue weighted by Gasteiger charge is 2.23. The molecule has 0 aliphatic heterocycles. The third-order valence-corrected chi connectivity index (χ3v) is 9.82. The fourth-order valence-corrected chi connectivity index (χ4v) is 6.57. The molecule has 0 saturated heterocycles. The minimum Gasteiger partial charge on any atom is -0.494 e. The monoisotopic (exact) mass is 886 g/mol. The Morgan fingerprint density at radius 2 is 0.984 bits per heavy atom. The van der Waals surface area contributed by atoms with Crippen molar-refractivity contribution in [3.63, 3.8) is 0 Å². The molecule has 6 amide bonds. The Morgan fingerprint density at radius 1 is 0.562 bits per heavy atom. The summed E-state index contributed by atoms with van der Waals surface area (Å²) in [6.07, 6.45) is 6.59. The lowest BCUT2D eigenvalue weighted by Gasteiger charge is -2.19. The lowest BCUT2D eigenvalue weighted by molar-refractivity contribution is -0.126. The highest BCUT2D eigenvalue weighted by molar-refractivity contribution is 5.98. The number of anilines is 2. The Morgan fingerprint density at radius 3 is 1.38 bits per heavy atom. The Balaban J connectivity index is 1.24. The second-order valence-corrected chi connectivity index (χ2v) is 15.0. The maximum atomic E-state index is 13.2. The highest BCUT2D eigenvalue weighted by atomic mass is 16.5. The van der Waals surface area contributed by atoms with E-state index in [1.165, 1.54) is 36.7 Å². The van der Waals surface area contributed by atoms with Crippen LogP contribution in [0.3, 0.4) is 0 Å². The molecule has 0 unspecified atom stereocenters. The largest absolute Gasteiger partial charge is 0.494 e. The number of ether oxygens (including phenoxy) is 2. The van der Waals surface area contributed by atoms with Gasteiger partial charge < -0.3 is 62.8 Å². The summed E-state index contributed by atoms with van der Waals surface area (Å²) in [6, 6.07) is 15.0. The van der Waals surface area contributed by atoms with Crippen LogP contribution in [0.15, 0.2) is 82.6 Å². The van der Waals surface area contributed by atoms with Gasteiger partial charge in [-0.15, -0.1) is 0 Å². The average molecular weight is 887 g/mol. The van der Waals surface area contributed by atoms with Crippen LogP contribution in [0, 0.1) is 0 Å². The standard InChI is InChI=1S/C44H58N10O10/c45-19-3-1-9-33(41(59)51-35-11-5-21-53(43(35)61)27-37(47)55)49-39(57)13-7-23-63-31-17-15-29-16-18-32(26-30(29)25-31)64-24-8-14-40(58)50-34(10-2-4-20-46)42(60)52-36-12-6-22-54(44(36)62)28-38(48)56/h5-6,11-12,15-18,21-22,25-26,33-34H,1-4,7-10,13-14,19-20,23-24,27-28,45-46H2,(H2,47,55)(H2,48,56)(H,49,57)(H,50,58)(H,51,59)(H,52,60)/t33-,34+. The van der Waals surface area contributed by atoms with E-state index in [0.29, 0.717) is 76.0 Å². The summed E-state index contributed by atoms with van der Waals surface area (Å²) in [7, 11) is 0. The summed E-state index contributed by atoms with van der Waals surface area (Å²) in [6.45, 7) is 0.548. The number of unbranched alkanes of at least 4 members (excludes halogenated alkanes) is 2. The number of amides is 6. The van der Waals surface area contributed by atoms with E-state index in [0.717, 1.165) is 19.9 Å². The van der Waals surface area contributed by atoms with Gasteiger partial charge in [-0.1, -0.05) is 12.1 Å². The van der Waals surface area contributed by atoms with Gasteiger partial charge in [0.15, 0.2) is 0 Å². The molecular formula is C44H58N10O10. The number of hydrogen-bond donors (Lipinski definition) is 8. The zero-order valence-electron chi connectivity index (χ0n) is 35.7. The van der Waals surface area contributed by atoms with Crippen molar-refractivity contribution in [2.45, 2.75) is 89.4 Å². The average Bonchev–Trinajstić information content (AvgIpc) is 3.25. The topological polar surface area (TPSA) is 317 Å². The first-order chi connectivity index (χ1) is 30.8. The molecule has 0 bridgehead atoms. The number of rotatable bonds is 28. The van der Waals surface area contributed by atoms with Gasteiger partial charge in [0.25, 0.3) is 11.1 Å². The number of nitrogens with zero attached hydrogens (tertiary/aromatic N) is 2. The molecule has 64 heavy (non-hydrogen) atoms. The molecule has 0 fully saturated rings. The predicted molar refractivity (Wildman–Crippen MR) is 240 cm³/mol. The molecule has 0 radical (unpaired) electrons. The van der Waals surface area contributed by atoms with E-state index >= 15 is 0 Å². The van der Waals surface area contributed by atoms with Crippen LogP contribution < -0.4 is 64.8 Å². The van der Waals surface area contributed by atoms with Gasteiger partial charge in [-0.05, 0) is 124 Å². The van der Waals surface area contributed by atoms with Crippen LogP contribution in [-0.4, -0.2) is 83.0 Å². The van der Waals surface area contributed by atoms with Gasteiger partial charge in [0.2, 0.25) is 35.4 Å². The maximum absolute atomic E-state index is 13.2. The molecule has 20 heteroatoms. The van der Waals surface area contributed by atoms with Crippen molar-refractivity contribution in [2.75, 3.05) is 36.9 Å². The molecule has 344 valence electrons. The zero-order chi connectivity index (χ0) is 46.4.